The van der Waals surface area contributed by atoms with Gasteiger partial charge in [-0.15, -0.1) is 0 Å². The summed E-state index contributed by atoms with van der Waals surface area (Å²) < 4.78 is 19.1. The Bertz CT molecular complexity index is 1190. The van der Waals surface area contributed by atoms with Gasteiger partial charge in [0, 0.05) is 28.9 Å². The maximum Gasteiger partial charge on any atom is 0.163 e. The monoisotopic (exact) mass is 402 g/mol. The quantitative estimate of drug-likeness (QED) is 0.473. The van der Waals surface area contributed by atoms with Gasteiger partial charge in [-0.25, -0.2) is 14.4 Å². The molecule has 4 aromatic rings. The normalized spacial score (nSPS) is 11.5. The van der Waals surface area contributed by atoms with Crippen LogP contribution >= 0.6 is 0 Å². The van der Waals surface area contributed by atoms with Crippen molar-refractivity contribution >= 4 is 16.7 Å². The number of aromatic nitrogens is 3. The van der Waals surface area contributed by atoms with Crippen LogP contribution in [0.5, 0.6) is 5.75 Å². The first kappa shape index (κ1) is 19.8. The van der Waals surface area contributed by atoms with Crippen molar-refractivity contribution in [2.24, 2.45) is 0 Å². The topological polar surface area (TPSA) is 59.9 Å². The van der Waals surface area contributed by atoms with Crippen LogP contribution in [0.3, 0.4) is 0 Å². The summed E-state index contributed by atoms with van der Waals surface area (Å²) in [6.45, 7) is 6.23. The third kappa shape index (κ3) is 4.08. The number of hydrogen-bond donors (Lipinski definition) is 1. The zero-order chi connectivity index (χ0) is 21.3. The van der Waals surface area contributed by atoms with Crippen LogP contribution in [0.1, 0.15) is 20.8 Å². The molecule has 1 N–H and O–H groups in total. The van der Waals surface area contributed by atoms with E-state index in [1.165, 1.54) is 12.1 Å². The van der Waals surface area contributed by atoms with Crippen LogP contribution in [-0.2, 0) is 0 Å². The fourth-order valence-electron chi connectivity index (χ4n) is 3.24. The number of pyridine rings is 1. The standard InChI is InChI=1S/C24H23FN4O/c1-24(2,3)29-23-19-12-17(15-7-9-18(25)10-8-15)13-20(30-4)21(19)27-22(28-23)16-6-5-11-26-14-16/h5-14H,1-4H3,(H,27,28,29). The van der Waals surface area contributed by atoms with E-state index < -0.39 is 0 Å². The Labute approximate surface area is 175 Å². The number of ether oxygens (including phenoxy) is 1. The minimum absolute atomic E-state index is 0.216. The first-order chi connectivity index (χ1) is 14.3. The molecule has 5 nitrogen and oxygen atoms in total. The van der Waals surface area contributed by atoms with Crippen molar-refractivity contribution in [2.45, 2.75) is 26.3 Å². The first-order valence-corrected chi connectivity index (χ1v) is 9.68. The molecule has 2 aromatic heterocycles. The number of fused-ring (bicyclic) bond motifs is 1. The summed E-state index contributed by atoms with van der Waals surface area (Å²) in [7, 11) is 1.62. The second kappa shape index (κ2) is 7.71. The molecule has 0 aliphatic carbocycles. The van der Waals surface area contributed by atoms with Gasteiger partial charge < -0.3 is 10.1 Å². The third-order valence-corrected chi connectivity index (χ3v) is 4.58. The summed E-state index contributed by atoms with van der Waals surface area (Å²) in [6.07, 6.45) is 3.45. The minimum Gasteiger partial charge on any atom is -0.494 e. The van der Waals surface area contributed by atoms with Gasteiger partial charge in [0.2, 0.25) is 0 Å². The number of methoxy groups -OCH3 is 1. The highest BCUT2D eigenvalue weighted by Gasteiger charge is 2.19. The number of halogens is 1. The van der Waals surface area contributed by atoms with Crippen LogP contribution in [0.2, 0.25) is 0 Å². The van der Waals surface area contributed by atoms with Gasteiger partial charge in [0.15, 0.2) is 5.82 Å². The average molecular weight is 402 g/mol. The van der Waals surface area contributed by atoms with E-state index in [1.54, 1.807) is 31.6 Å². The van der Waals surface area contributed by atoms with Crippen molar-refractivity contribution in [3.63, 3.8) is 0 Å². The number of anilines is 1. The Morgan fingerprint density at radius 3 is 2.33 bits per heavy atom. The number of nitrogens with zero attached hydrogens (tertiary/aromatic N) is 3. The van der Waals surface area contributed by atoms with Crippen molar-refractivity contribution in [3.05, 3.63) is 66.7 Å². The highest BCUT2D eigenvalue weighted by atomic mass is 19.1. The Morgan fingerprint density at radius 2 is 1.70 bits per heavy atom. The SMILES string of the molecule is COc1cc(-c2ccc(F)cc2)cc2c(NC(C)(C)C)nc(-c3cccnc3)nc12. The number of benzene rings is 2. The van der Waals surface area contributed by atoms with E-state index in [0.717, 1.165) is 22.1 Å². The lowest BCUT2D eigenvalue weighted by Crippen LogP contribution is -2.27. The lowest BCUT2D eigenvalue weighted by Gasteiger charge is -2.23. The minimum atomic E-state index is -0.272. The second-order valence-electron chi connectivity index (χ2n) is 8.09. The Balaban J connectivity index is 1.99. The van der Waals surface area contributed by atoms with E-state index >= 15 is 0 Å². The number of rotatable bonds is 4. The van der Waals surface area contributed by atoms with Gasteiger partial charge in [0.1, 0.15) is 22.9 Å². The van der Waals surface area contributed by atoms with Gasteiger partial charge in [-0.2, -0.15) is 0 Å². The van der Waals surface area contributed by atoms with Crippen molar-refractivity contribution in [1.82, 2.24) is 15.0 Å². The van der Waals surface area contributed by atoms with Crippen LogP contribution in [0.15, 0.2) is 60.9 Å². The maximum absolute atomic E-state index is 13.4. The van der Waals surface area contributed by atoms with Gasteiger partial charge in [0.25, 0.3) is 0 Å². The Hall–Kier alpha value is -3.54. The van der Waals surface area contributed by atoms with E-state index in [2.05, 4.69) is 31.1 Å². The lowest BCUT2D eigenvalue weighted by molar-refractivity contribution is 0.419. The maximum atomic E-state index is 13.4. The van der Waals surface area contributed by atoms with Gasteiger partial charge in [0.05, 0.1) is 7.11 Å². The lowest BCUT2D eigenvalue weighted by atomic mass is 10.0. The molecule has 0 saturated carbocycles. The molecule has 0 saturated heterocycles. The molecule has 4 rings (SSSR count). The van der Waals surface area contributed by atoms with Crippen LogP contribution < -0.4 is 10.1 Å². The molecule has 0 bridgehead atoms. The summed E-state index contributed by atoms with van der Waals surface area (Å²) in [5, 5.41) is 4.32. The van der Waals surface area contributed by atoms with Crippen LogP contribution in [0, 0.1) is 5.82 Å². The molecule has 2 aromatic carbocycles. The zero-order valence-electron chi connectivity index (χ0n) is 17.4. The largest absolute Gasteiger partial charge is 0.494 e. The summed E-state index contributed by atoms with van der Waals surface area (Å²) in [5.74, 6) is 1.62. The molecule has 30 heavy (non-hydrogen) atoms. The van der Waals surface area contributed by atoms with Crippen LogP contribution in [0.4, 0.5) is 10.2 Å². The summed E-state index contributed by atoms with van der Waals surface area (Å²) >= 11 is 0. The zero-order valence-corrected chi connectivity index (χ0v) is 17.4. The predicted octanol–water partition coefficient (Wildman–Crippen LogP) is 5.72. The van der Waals surface area contributed by atoms with Gasteiger partial charge in [-0.1, -0.05) is 12.1 Å². The van der Waals surface area contributed by atoms with Crippen molar-refractivity contribution < 1.29 is 9.13 Å². The molecule has 0 fully saturated rings. The van der Waals surface area contributed by atoms with Crippen molar-refractivity contribution in [1.29, 1.82) is 0 Å². The molecular formula is C24H23FN4O. The van der Waals surface area contributed by atoms with Gasteiger partial charge >= 0.3 is 0 Å². The van der Waals surface area contributed by atoms with Crippen molar-refractivity contribution in [3.8, 4) is 28.3 Å². The number of nitrogens with one attached hydrogen (secondary N) is 1. The molecule has 0 unspecified atom stereocenters. The van der Waals surface area contributed by atoms with E-state index in [-0.39, 0.29) is 11.4 Å². The molecule has 0 aliphatic rings. The molecular weight excluding hydrogens is 379 g/mol. The van der Waals surface area contributed by atoms with Crippen LogP contribution in [0.25, 0.3) is 33.4 Å². The van der Waals surface area contributed by atoms with E-state index in [1.807, 2.05) is 24.3 Å². The molecule has 0 atom stereocenters. The van der Waals surface area contributed by atoms with Crippen molar-refractivity contribution in [2.75, 3.05) is 12.4 Å². The van der Waals surface area contributed by atoms with Crippen LogP contribution in [-0.4, -0.2) is 27.6 Å². The third-order valence-electron chi connectivity index (χ3n) is 4.58. The van der Waals surface area contributed by atoms with E-state index in [4.69, 9.17) is 14.7 Å². The molecule has 0 radical (unpaired) electrons. The molecule has 0 amide bonds. The summed E-state index contributed by atoms with van der Waals surface area (Å²) in [6, 6.07) is 14.1. The molecule has 6 heteroatoms. The average Bonchev–Trinajstić information content (AvgIpc) is 2.73. The number of hydrogen-bond acceptors (Lipinski definition) is 5. The molecule has 2 heterocycles. The molecule has 152 valence electrons. The fourth-order valence-corrected chi connectivity index (χ4v) is 3.24. The highest BCUT2D eigenvalue weighted by Crippen LogP contribution is 2.36. The van der Waals surface area contributed by atoms with E-state index in [0.29, 0.717) is 22.9 Å². The molecule has 0 spiro atoms. The fraction of sp³-hybridized carbons (Fsp3) is 0.208. The summed E-state index contributed by atoms with van der Waals surface area (Å²) in [4.78, 5) is 13.8. The van der Waals surface area contributed by atoms with Gasteiger partial charge in [-0.05, 0) is 68.3 Å². The first-order valence-electron chi connectivity index (χ1n) is 9.68. The Morgan fingerprint density at radius 1 is 0.933 bits per heavy atom. The highest BCUT2D eigenvalue weighted by molar-refractivity contribution is 5.98. The second-order valence-corrected chi connectivity index (χ2v) is 8.09. The smallest absolute Gasteiger partial charge is 0.163 e. The predicted molar refractivity (Wildman–Crippen MR) is 118 cm³/mol. The molecule has 0 aliphatic heterocycles. The van der Waals surface area contributed by atoms with Gasteiger partial charge in [-0.3, -0.25) is 4.98 Å². The summed E-state index contributed by atoms with van der Waals surface area (Å²) in [5.41, 5.74) is 3.08. The van der Waals surface area contributed by atoms with E-state index in [9.17, 15) is 4.39 Å². The Kier molecular flexibility index (Phi) is 5.08.